The lowest BCUT2D eigenvalue weighted by Gasteiger charge is -2.10. The maximum Gasteiger partial charge on any atom is 0.174 e. The predicted molar refractivity (Wildman–Crippen MR) is 98.1 cm³/mol. The molecule has 0 aliphatic heterocycles. The molecule has 0 aromatic heterocycles. The van der Waals surface area contributed by atoms with Gasteiger partial charge in [0.15, 0.2) is 11.5 Å². The van der Waals surface area contributed by atoms with Crippen LogP contribution in [0.5, 0.6) is 11.5 Å². The number of hydrazone groups is 1. The van der Waals surface area contributed by atoms with Gasteiger partial charge in [0.25, 0.3) is 0 Å². The summed E-state index contributed by atoms with van der Waals surface area (Å²) in [5.74, 6) is 1.41. The molecule has 0 unspecified atom stereocenters. The van der Waals surface area contributed by atoms with Crippen LogP contribution in [-0.2, 0) is 6.54 Å². The van der Waals surface area contributed by atoms with Crippen molar-refractivity contribution in [3.8, 4) is 11.5 Å². The molecule has 0 saturated carbocycles. The average molecular weight is 431 g/mol. The van der Waals surface area contributed by atoms with Gasteiger partial charge in [-0.05, 0) is 51.9 Å². The maximum absolute atomic E-state index is 6.09. The number of rotatable bonds is 6. The molecule has 0 heterocycles. The minimum Gasteiger partial charge on any atom is -0.493 e. The first-order valence-corrected chi connectivity index (χ1v) is 8.02. The summed E-state index contributed by atoms with van der Waals surface area (Å²) in [5.41, 5.74) is 4.91. The van der Waals surface area contributed by atoms with E-state index in [2.05, 4.69) is 33.1 Å². The smallest absolute Gasteiger partial charge is 0.174 e. The van der Waals surface area contributed by atoms with E-state index in [1.807, 2.05) is 36.4 Å². The zero-order valence-electron chi connectivity index (χ0n) is 12.3. The molecule has 2 aromatic rings. The van der Waals surface area contributed by atoms with Crippen molar-refractivity contribution in [3.63, 3.8) is 0 Å². The Bertz CT molecular complexity index is 677. The lowest BCUT2D eigenvalue weighted by molar-refractivity contribution is 0.353. The van der Waals surface area contributed by atoms with E-state index in [-0.39, 0.29) is 0 Å². The summed E-state index contributed by atoms with van der Waals surface area (Å²) in [4.78, 5) is 0. The molecule has 116 valence electrons. The van der Waals surface area contributed by atoms with E-state index in [0.29, 0.717) is 12.3 Å². The van der Waals surface area contributed by atoms with Crippen LogP contribution >= 0.6 is 34.2 Å². The van der Waals surface area contributed by atoms with Gasteiger partial charge in [0.2, 0.25) is 0 Å². The molecular weight excluding hydrogens is 415 g/mol. The fourth-order valence-corrected chi connectivity index (χ4v) is 2.95. The van der Waals surface area contributed by atoms with Crippen molar-refractivity contribution in [1.29, 1.82) is 0 Å². The third-order valence-electron chi connectivity index (χ3n) is 2.99. The van der Waals surface area contributed by atoms with E-state index in [1.165, 1.54) is 0 Å². The fraction of sp³-hybridized carbons (Fsp3) is 0.188. The van der Waals surface area contributed by atoms with Gasteiger partial charge in [-0.15, -0.1) is 0 Å². The standard InChI is InChI=1S/C16H16ClIN2O2/c1-21-15-8-11(7-14(18)16(15)22-2)9-19-20-10-12-5-3-4-6-13(12)17/h3-9,20H,10H2,1-2H3/b19-9-. The number of hydrogen-bond donors (Lipinski definition) is 1. The normalized spacial score (nSPS) is 10.7. The number of halogens is 2. The molecule has 2 aromatic carbocycles. The molecule has 0 radical (unpaired) electrons. The summed E-state index contributed by atoms with van der Waals surface area (Å²) in [7, 11) is 3.24. The Kier molecular flexibility index (Phi) is 6.33. The Morgan fingerprint density at radius 3 is 2.68 bits per heavy atom. The molecule has 0 amide bonds. The molecule has 0 aliphatic rings. The van der Waals surface area contributed by atoms with Crippen LogP contribution in [0.15, 0.2) is 41.5 Å². The summed E-state index contributed by atoms with van der Waals surface area (Å²) in [6.45, 7) is 0.570. The van der Waals surface area contributed by atoms with Gasteiger partial charge in [-0.3, -0.25) is 0 Å². The minimum atomic E-state index is 0.570. The third kappa shape index (κ3) is 4.27. The number of nitrogens with zero attached hydrogens (tertiary/aromatic N) is 1. The maximum atomic E-state index is 6.09. The zero-order chi connectivity index (χ0) is 15.9. The second-order valence-corrected chi connectivity index (χ2v) is 5.99. The molecule has 22 heavy (non-hydrogen) atoms. The van der Waals surface area contributed by atoms with Gasteiger partial charge in [0.1, 0.15) is 0 Å². The zero-order valence-corrected chi connectivity index (χ0v) is 15.2. The Balaban J connectivity index is 2.04. The summed E-state index contributed by atoms with van der Waals surface area (Å²) in [6.07, 6.45) is 1.74. The van der Waals surface area contributed by atoms with Crippen LogP contribution in [0.4, 0.5) is 0 Å². The van der Waals surface area contributed by atoms with Crippen molar-refractivity contribution >= 4 is 40.4 Å². The van der Waals surface area contributed by atoms with Crippen molar-refractivity contribution in [3.05, 3.63) is 56.1 Å². The summed E-state index contributed by atoms with van der Waals surface area (Å²) in [5, 5.41) is 4.94. The van der Waals surface area contributed by atoms with E-state index in [1.54, 1.807) is 20.4 Å². The van der Waals surface area contributed by atoms with Crippen molar-refractivity contribution in [1.82, 2.24) is 5.43 Å². The highest BCUT2D eigenvalue weighted by Gasteiger charge is 2.09. The molecule has 2 rings (SSSR count). The van der Waals surface area contributed by atoms with E-state index in [9.17, 15) is 0 Å². The topological polar surface area (TPSA) is 42.8 Å². The molecule has 0 spiro atoms. The van der Waals surface area contributed by atoms with Gasteiger partial charge in [-0.25, -0.2) is 0 Å². The number of benzene rings is 2. The van der Waals surface area contributed by atoms with E-state index in [0.717, 1.165) is 25.5 Å². The Hall–Kier alpha value is -1.47. The van der Waals surface area contributed by atoms with E-state index < -0.39 is 0 Å². The van der Waals surface area contributed by atoms with Gasteiger partial charge >= 0.3 is 0 Å². The van der Waals surface area contributed by atoms with Gasteiger partial charge in [0, 0.05) is 5.02 Å². The highest BCUT2D eigenvalue weighted by atomic mass is 127. The molecule has 0 fully saturated rings. The molecule has 0 saturated heterocycles. The van der Waals surface area contributed by atoms with Crippen molar-refractivity contribution in [2.24, 2.45) is 5.10 Å². The summed E-state index contributed by atoms with van der Waals surface area (Å²) in [6, 6.07) is 11.5. The van der Waals surface area contributed by atoms with Crippen LogP contribution in [0.3, 0.4) is 0 Å². The first-order chi connectivity index (χ1) is 10.7. The Morgan fingerprint density at radius 2 is 2.00 bits per heavy atom. The molecule has 0 atom stereocenters. The highest BCUT2D eigenvalue weighted by Crippen LogP contribution is 2.32. The second-order valence-electron chi connectivity index (χ2n) is 4.42. The SMILES string of the molecule is COc1cc(/C=N\NCc2ccccc2Cl)cc(I)c1OC. The second kappa shape index (κ2) is 8.24. The third-order valence-corrected chi connectivity index (χ3v) is 4.16. The molecule has 6 heteroatoms. The quantitative estimate of drug-likeness (QED) is 0.426. The van der Waals surface area contributed by atoms with Gasteiger partial charge in [0.05, 0.1) is 30.5 Å². The number of nitrogens with one attached hydrogen (secondary N) is 1. The number of methoxy groups -OCH3 is 2. The van der Waals surface area contributed by atoms with Crippen LogP contribution in [0.2, 0.25) is 5.02 Å². The summed E-state index contributed by atoms with van der Waals surface area (Å²) < 4.78 is 11.6. The predicted octanol–water partition coefficient (Wildman–Crippen LogP) is 4.09. The lowest BCUT2D eigenvalue weighted by atomic mass is 10.2. The van der Waals surface area contributed by atoms with E-state index in [4.69, 9.17) is 21.1 Å². The highest BCUT2D eigenvalue weighted by molar-refractivity contribution is 14.1. The molecule has 0 bridgehead atoms. The van der Waals surface area contributed by atoms with Gasteiger partial charge < -0.3 is 14.9 Å². The van der Waals surface area contributed by atoms with E-state index >= 15 is 0 Å². The summed E-state index contributed by atoms with van der Waals surface area (Å²) >= 11 is 8.30. The monoisotopic (exact) mass is 430 g/mol. The lowest BCUT2D eigenvalue weighted by Crippen LogP contribution is -2.06. The molecule has 4 nitrogen and oxygen atoms in total. The number of ether oxygens (including phenoxy) is 2. The van der Waals surface area contributed by atoms with Gasteiger partial charge in [-0.1, -0.05) is 29.8 Å². The Labute approximate surface area is 148 Å². The van der Waals surface area contributed by atoms with Crippen LogP contribution in [0.25, 0.3) is 0 Å². The van der Waals surface area contributed by atoms with Crippen LogP contribution in [0, 0.1) is 3.57 Å². The minimum absolute atomic E-state index is 0.570. The van der Waals surface area contributed by atoms with Gasteiger partial charge in [-0.2, -0.15) is 5.10 Å². The van der Waals surface area contributed by atoms with Crippen molar-refractivity contribution < 1.29 is 9.47 Å². The van der Waals surface area contributed by atoms with Crippen molar-refractivity contribution in [2.75, 3.05) is 14.2 Å². The average Bonchev–Trinajstić information content (AvgIpc) is 2.52. The van der Waals surface area contributed by atoms with Crippen molar-refractivity contribution in [2.45, 2.75) is 6.54 Å². The number of hydrogen-bond acceptors (Lipinski definition) is 4. The molecule has 0 aliphatic carbocycles. The first-order valence-electron chi connectivity index (χ1n) is 6.56. The van der Waals surface area contributed by atoms with Crippen LogP contribution in [-0.4, -0.2) is 20.4 Å². The largest absolute Gasteiger partial charge is 0.493 e. The molecular formula is C16H16ClIN2O2. The molecule has 1 N–H and O–H groups in total. The fourth-order valence-electron chi connectivity index (χ4n) is 1.91. The van der Waals surface area contributed by atoms with Crippen LogP contribution in [0.1, 0.15) is 11.1 Å². The Morgan fingerprint density at radius 1 is 1.23 bits per heavy atom. The first kappa shape index (κ1) is 16.9. The van der Waals surface area contributed by atoms with Crippen LogP contribution < -0.4 is 14.9 Å².